The van der Waals surface area contributed by atoms with Gasteiger partial charge in [0, 0.05) is 0 Å². The van der Waals surface area contributed by atoms with Crippen molar-refractivity contribution in [1.82, 2.24) is 0 Å². The van der Waals surface area contributed by atoms with E-state index in [1.807, 2.05) is 0 Å². The summed E-state index contributed by atoms with van der Waals surface area (Å²) in [7, 11) is 0. The summed E-state index contributed by atoms with van der Waals surface area (Å²) in [6.45, 7) is 4.74. The van der Waals surface area contributed by atoms with Crippen molar-refractivity contribution in [3.05, 3.63) is 12.2 Å². The van der Waals surface area contributed by atoms with Crippen molar-refractivity contribution in [2.45, 2.75) is 103 Å². The quantitative estimate of drug-likeness (QED) is 0.223. The molecular weight excluding hydrogens is 272 g/mol. The lowest BCUT2D eigenvalue weighted by molar-refractivity contribution is 0.00277. The van der Waals surface area contributed by atoms with Crippen molar-refractivity contribution >= 4 is 0 Å². The highest BCUT2D eigenvalue weighted by Gasteiger charge is 2.07. The van der Waals surface area contributed by atoms with Gasteiger partial charge in [0.2, 0.25) is 0 Å². The Hall–Kier alpha value is -0.340. The summed E-state index contributed by atoms with van der Waals surface area (Å²) in [6.07, 6.45) is 21.4. The largest absolute Gasteiger partial charge is 0.376 e. The zero-order valence-corrected chi connectivity index (χ0v) is 15.2. The summed E-state index contributed by atoms with van der Waals surface area (Å²) in [5.41, 5.74) is 0. The summed E-state index contributed by atoms with van der Waals surface area (Å²) in [5.74, 6) is 0. The van der Waals surface area contributed by atoms with E-state index in [9.17, 15) is 5.11 Å². The minimum Gasteiger partial charge on any atom is -0.376 e. The molecule has 0 heterocycles. The van der Waals surface area contributed by atoms with Crippen LogP contribution in [0.25, 0.3) is 0 Å². The summed E-state index contributed by atoms with van der Waals surface area (Å²) in [5, 5.41) is 10.5. The molecule has 0 saturated heterocycles. The van der Waals surface area contributed by atoms with Crippen LogP contribution in [0.15, 0.2) is 12.2 Å². The van der Waals surface area contributed by atoms with Gasteiger partial charge in [0.25, 0.3) is 0 Å². The van der Waals surface area contributed by atoms with E-state index in [0.29, 0.717) is 12.7 Å². The van der Waals surface area contributed by atoms with E-state index in [1.165, 1.54) is 64.2 Å². The van der Waals surface area contributed by atoms with Crippen LogP contribution in [-0.2, 0) is 9.84 Å². The lowest BCUT2D eigenvalue weighted by atomic mass is 10.1. The standard InChI is InChI=1S/C20H39O2/c1-3-5-7-8-9-10-11-12-13-14-15-17-20(16-6-4-2)22-19-18-21/h12-13,20H,3-11,14-19H2,1-2H3/b13-12-. The second kappa shape index (κ2) is 18.7. The summed E-state index contributed by atoms with van der Waals surface area (Å²) in [6, 6.07) is 0. The molecular formula is C20H39O2. The van der Waals surface area contributed by atoms with E-state index in [4.69, 9.17) is 4.74 Å². The summed E-state index contributed by atoms with van der Waals surface area (Å²) in [4.78, 5) is 0. The van der Waals surface area contributed by atoms with Crippen LogP contribution in [0, 0.1) is 0 Å². The highest BCUT2D eigenvalue weighted by atomic mass is 16.5. The zero-order chi connectivity index (χ0) is 16.3. The van der Waals surface area contributed by atoms with Crippen LogP contribution < -0.4 is 0 Å². The molecule has 0 aliphatic carbocycles. The predicted molar refractivity (Wildman–Crippen MR) is 95.8 cm³/mol. The fraction of sp³-hybridized carbons (Fsp3) is 0.900. The molecule has 2 nitrogen and oxygen atoms in total. The number of unbranched alkanes of at least 4 members (excludes halogenated alkanes) is 8. The first-order valence-corrected chi connectivity index (χ1v) is 9.69. The molecule has 131 valence electrons. The van der Waals surface area contributed by atoms with Gasteiger partial charge in [-0.05, 0) is 38.5 Å². The first-order valence-electron chi connectivity index (χ1n) is 9.69. The molecule has 0 aromatic carbocycles. The fourth-order valence-electron chi connectivity index (χ4n) is 2.70. The van der Waals surface area contributed by atoms with Crippen LogP contribution in [0.2, 0.25) is 0 Å². The highest BCUT2D eigenvalue weighted by Crippen LogP contribution is 2.13. The molecule has 1 atom stereocenters. The van der Waals surface area contributed by atoms with Crippen molar-refractivity contribution < 1.29 is 9.84 Å². The second-order valence-electron chi connectivity index (χ2n) is 6.30. The molecule has 0 bridgehead atoms. The number of allylic oxidation sites excluding steroid dienone is 2. The number of ether oxygens (including phenoxy) is 1. The average molecular weight is 312 g/mol. The van der Waals surface area contributed by atoms with Gasteiger partial charge in [-0.25, -0.2) is 5.11 Å². The van der Waals surface area contributed by atoms with Crippen LogP contribution in [0.3, 0.4) is 0 Å². The Morgan fingerprint density at radius 2 is 1.36 bits per heavy atom. The number of hydrogen-bond donors (Lipinski definition) is 0. The third kappa shape index (κ3) is 16.0. The van der Waals surface area contributed by atoms with Crippen molar-refractivity contribution in [1.29, 1.82) is 0 Å². The molecule has 1 radical (unpaired) electrons. The van der Waals surface area contributed by atoms with Gasteiger partial charge in [-0.2, -0.15) is 0 Å². The van der Waals surface area contributed by atoms with Gasteiger partial charge in [0.1, 0.15) is 6.61 Å². The van der Waals surface area contributed by atoms with Crippen molar-refractivity contribution in [2.75, 3.05) is 13.2 Å². The fourth-order valence-corrected chi connectivity index (χ4v) is 2.70. The van der Waals surface area contributed by atoms with Gasteiger partial charge in [0.05, 0.1) is 12.7 Å². The Kier molecular flexibility index (Phi) is 18.4. The van der Waals surface area contributed by atoms with Crippen LogP contribution in [-0.4, -0.2) is 19.3 Å². The number of rotatable bonds is 17. The van der Waals surface area contributed by atoms with Crippen molar-refractivity contribution in [3.8, 4) is 0 Å². The lowest BCUT2D eigenvalue weighted by Crippen LogP contribution is -2.15. The zero-order valence-electron chi connectivity index (χ0n) is 15.2. The molecule has 0 amide bonds. The van der Waals surface area contributed by atoms with Crippen molar-refractivity contribution in [2.24, 2.45) is 0 Å². The van der Waals surface area contributed by atoms with Crippen LogP contribution in [0.1, 0.15) is 97.3 Å². The van der Waals surface area contributed by atoms with E-state index in [0.717, 1.165) is 19.3 Å². The van der Waals surface area contributed by atoms with E-state index in [-0.39, 0.29) is 6.61 Å². The maximum atomic E-state index is 10.5. The minimum atomic E-state index is -0.110. The van der Waals surface area contributed by atoms with Gasteiger partial charge in [-0.15, -0.1) is 0 Å². The van der Waals surface area contributed by atoms with Crippen molar-refractivity contribution in [3.63, 3.8) is 0 Å². The molecule has 2 heteroatoms. The van der Waals surface area contributed by atoms with Gasteiger partial charge < -0.3 is 4.74 Å². The number of hydrogen-bond acceptors (Lipinski definition) is 1. The van der Waals surface area contributed by atoms with E-state index in [2.05, 4.69) is 26.0 Å². The molecule has 0 rings (SSSR count). The van der Waals surface area contributed by atoms with Crippen LogP contribution in [0.4, 0.5) is 0 Å². The molecule has 0 spiro atoms. The molecule has 0 aromatic heterocycles. The predicted octanol–water partition coefficient (Wildman–Crippen LogP) is 6.47. The van der Waals surface area contributed by atoms with Gasteiger partial charge >= 0.3 is 0 Å². The molecule has 0 aliphatic rings. The Morgan fingerprint density at radius 3 is 2.05 bits per heavy atom. The SMILES string of the molecule is CCCCCCCC/C=C\CCCC(CCCC)OCC[O]. The maximum Gasteiger partial charge on any atom is 0.106 e. The molecule has 0 aliphatic heterocycles. The smallest absolute Gasteiger partial charge is 0.106 e. The summed E-state index contributed by atoms with van der Waals surface area (Å²) < 4.78 is 5.65. The first-order chi connectivity index (χ1) is 10.8. The Bertz CT molecular complexity index is 218. The minimum absolute atomic E-state index is 0.110. The molecule has 22 heavy (non-hydrogen) atoms. The first kappa shape index (κ1) is 21.7. The van der Waals surface area contributed by atoms with E-state index in [1.54, 1.807) is 0 Å². The van der Waals surface area contributed by atoms with Crippen LogP contribution in [0.5, 0.6) is 0 Å². The topological polar surface area (TPSA) is 29.1 Å². The van der Waals surface area contributed by atoms with Crippen LogP contribution >= 0.6 is 0 Å². The molecule has 0 aromatic rings. The van der Waals surface area contributed by atoms with Gasteiger partial charge in [-0.1, -0.05) is 70.9 Å². The monoisotopic (exact) mass is 311 g/mol. The van der Waals surface area contributed by atoms with E-state index >= 15 is 0 Å². The Balaban J connectivity index is 3.47. The van der Waals surface area contributed by atoms with Gasteiger partial charge in [-0.3, -0.25) is 0 Å². The molecule has 0 saturated carbocycles. The molecule has 0 N–H and O–H groups in total. The van der Waals surface area contributed by atoms with E-state index < -0.39 is 0 Å². The Labute approximate surface area is 139 Å². The average Bonchev–Trinajstić information content (AvgIpc) is 2.54. The third-order valence-corrected chi connectivity index (χ3v) is 4.10. The Morgan fingerprint density at radius 1 is 0.773 bits per heavy atom. The molecule has 0 fully saturated rings. The lowest BCUT2D eigenvalue weighted by Gasteiger charge is -2.16. The maximum absolute atomic E-state index is 10.5. The highest BCUT2D eigenvalue weighted by molar-refractivity contribution is 4.81. The normalized spacial score (nSPS) is 13.0. The second-order valence-corrected chi connectivity index (χ2v) is 6.30. The summed E-state index contributed by atoms with van der Waals surface area (Å²) >= 11 is 0. The van der Waals surface area contributed by atoms with Gasteiger partial charge in [0.15, 0.2) is 0 Å². The third-order valence-electron chi connectivity index (χ3n) is 4.10. The molecule has 1 unspecified atom stereocenters.